The minimum atomic E-state index is -0.819. The van der Waals surface area contributed by atoms with E-state index in [4.69, 9.17) is 5.11 Å². The van der Waals surface area contributed by atoms with E-state index in [2.05, 4.69) is 11.9 Å². The van der Waals surface area contributed by atoms with Gasteiger partial charge in [0.25, 0.3) is 0 Å². The minimum absolute atomic E-state index is 0.179. The van der Waals surface area contributed by atoms with Crippen LogP contribution in [-0.2, 0) is 4.79 Å². The lowest BCUT2D eigenvalue weighted by Crippen LogP contribution is -2.39. The van der Waals surface area contributed by atoms with Crippen molar-refractivity contribution in [2.45, 2.75) is 32.4 Å². The highest BCUT2D eigenvalue weighted by Crippen LogP contribution is 1.93. The summed E-state index contributed by atoms with van der Waals surface area (Å²) in [6.07, 6.45) is 2.56. The Morgan fingerprint density at radius 3 is 2.64 bits per heavy atom. The normalized spacial score (nSPS) is 15.5. The molecular weight excluding hydrogens is 142 g/mol. The van der Waals surface area contributed by atoms with Crippen LogP contribution in [0.25, 0.3) is 0 Å². The summed E-state index contributed by atoms with van der Waals surface area (Å²) in [6.45, 7) is 7.12. The maximum atomic E-state index is 10.4. The van der Waals surface area contributed by atoms with E-state index in [0.29, 0.717) is 0 Å². The predicted molar refractivity (Wildman–Crippen MR) is 44.5 cm³/mol. The highest BCUT2D eigenvalue weighted by Gasteiger charge is 2.11. The number of hydrogen-bond donors (Lipinski definition) is 2. The quantitative estimate of drug-likeness (QED) is 0.586. The first-order valence-corrected chi connectivity index (χ1v) is 3.67. The third kappa shape index (κ3) is 4.56. The molecule has 2 unspecified atom stereocenters. The van der Waals surface area contributed by atoms with Gasteiger partial charge in [-0.15, -0.1) is 6.58 Å². The van der Waals surface area contributed by atoms with Crippen molar-refractivity contribution >= 4 is 5.97 Å². The molecular formula is C8H15NO2. The van der Waals surface area contributed by atoms with E-state index in [1.54, 1.807) is 13.0 Å². The van der Waals surface area contributed by atoms with Gasteiger partial charge in [-0.05, 0) is 20.3 Å². The Bertz CT molecular complexity index is 145. The number of nitrogens with one attached hydrogen (secondary N) is 1. The van der Waals surface area contributed by atoms with Gasteiger partial charge in [-0.25, -0.2) is 0 Å². The average Bonchev–Trinajstić information content (AvgIpc) is 1.87. The van der Waals surface area contributed by atoms with E-state index >= 15 is 0 Å². The molecule has 0 rings (SSSR count). The largest absolute Gasteiger partial charge is 0.480 e. The van der Waals surface area contributed by atoms with Gasteiger partial charge in [-0.2, -0.15) is 0 Å². The van der Waals surface area contributed by atoms with E-state index in [9.17, 15) is 4.79 Å². The summed E-state index contributed by atoms with van der Waals surface area (Å²) in [7, 11) is 0. The Balaban J connectivity index is 3.64. The molecule has 2 N–H and O–H groups in total. The van der Waals surface area contributed by atoms with Crippen LogP contribution in [0.1, 0.15) is 20.3 Å². The van der Waals surface area contributed by atoms with E-state index in [1.165, 1.54) is 0 Å². The van der Waals surface area contributed by atoms with Crippen molar-refractivity contribution in [3.63, 3.8) is 0 Å². The third-order valence-corrected chi connectivity index (χ3v) is 1.43. The maximum Gasteiger partial charge on any atom is 0.320 e. The highest BCUT2D eigenvalue weighted by molar-refractivity contribution is 5.72. The van der Waals surface area contributed by atoms with E-state index in [1.807, 2.05) is 6.92 Å². The van der Waals surface area contributed by atoms with E-state index < -0.39 is 12.0 Å². The van der Waals surface area contributed by atoms with Crippen LogP contribution in [0.2, 0.25) is 0 Å². The molecule has 0 aromatic carbocycles. The molecule has 0 spiro atoms. The zero-order valence-corrected chi connectivity index (χ0v) is 7.00. The van der Waals surface area contributed by atoms with Crippen molar-refractivity contribution in [2.24, 2.45) is 0 Å². The second-order valence-corrected chi connectivity index (χ2v) is 2.65. The Morgan fingerprint density at radius 1 is 1.73 bits per heavy atom. The smallest absolute Gasteiger partial charge is 0.320 e. The first-order valence-electron chi connectivity index (χ1n) is 3.67. The van der Waals surface area contributed by atoms with Crippen molar-refractivity contribution < 1.29 is 9.90 Å². The van der Waals surface area contributed by atoms with Crippen LogP contribution in [0.15, 0.2) is 12.7 Å². The van der Waals surface area contributed by atoms with E-state index in [-0.39, 0.29) is 6.04 Å². The topological polar surface area (TPSA) is 49.3 Å². The Labute approximate surface area is 67.1 Å². The lowest BCUT2D eigenvalue weighted by atomic mass is 10.2. The first-order chi connectivity index (χ1) is 5.07. The molecule has 64 valence electrons. The molecule has 0 radical (unpaired) electrons. The van der Waals surface area contributed by atoms with Gasteiger partial charge < -0.3 is 10.4 Å². The molecule has 0 aromatic heterocycles. The Morgan fingerprint density at radius 2 is 2.27 bits per heavy atom. The molecule has 0 amide bonds. The lowest BCUT2D eigenvalue weighted by molar-refractivity contribution is -0.139. The van der Waals surface area contributed by atoms with Crippen LogP contribution in [0, 0.1) is 0 Å². The van der Waals surface area contributed by atoms with Crippen molar-refractivity contribution in [2.75, 3.05) is 0 Å². The molecule has 0 aliphatic rings. The number of carboxylic acids is 1. The molecule has 0 aliphatic heterocycles. The molecule has 0 fully saturated rings. The van der Waals surface area contributed by atoms with Gasteiger partial charge in [0.2, 0.25) is 0 Å². The molecule has 0 saturated heterocycles. The van der Waals surface area contributed by atoms with Crippen LogP contribution in [-0.4, -0.2) is 23.2 Å². The molecule has 0 saturated carbocycles. The van der Waals surface area contributed by atoms with Crippen molar-refractivity contribution in [1.82, 2.24) is 5.32 Å². The van der Waals surface area contributed by atoms with Gasteiger partial charge in [0.1, 0.15) is 6.04 Å². The zero-order valence-electron chi connectivity index (χ0n) is 7.00. The van der Waals surface area contributed by atoms with Gasteiger partial charge >= 0.3 is 5.97 Å². The fourth-order valence-corrected chi connectivity index (χ4v) is 0.816. The van der Waals surface area contributed by atoms with Crippen LogP contribution in [0.5, 0.6) is 0 Å². The molecule has 0 aromatic rings. The summed E-state index contributed by atoms with van der Waals surface area (Å²) >= 11 is 0. The highest BCUT2D eigenvalue weighted by atomic mass is 16.4. The summed E-state index contributed by atoms with van der Waals surface area (Å²) in [5.74, 6) is -0.819. The van der Waals surface area contributed by atoms with Crippen LogP contribution in [0.3, 0.4) is 0 Å². The summed E-state index contributed by atoms with van der Waals surface area (Å²) in [6, 6.07) is -0.302. The monoisotopic (exact) mass is 157 g/mol. The molecule has 0 aliphatic carbocycles. The van der Waals surface area contributed by atoms with Gasteiger partial charge in [-0.1, -0.05) is 6.08 Å². The average molecular weight is 157 g/mol. The van der Waals surface area contributed by atoms with Gasteiger partial charge in [0.05, 0.1) is 0 Å². The number of aliphatic carboxylic acids is 1. The third-order valence-electron chi connectivity index (χ3n) is 1.43. The summed E-state index contributed by atoms with van der Waals surface area (Å²) < 4.78 is 0. The molecule has 3 heteroatoms. The second-order valence-electron chi connectivity index (χ2n) is 2.65. The number of rotatable bonds is 5. The summed E-state index contributed by atoms with van der Waals surface area (Å²) in [5, 5.41) is 11.4. The first kappa shape index (κ1) is 10.2. The van der Waals surface area contributed by atoms with E-state index in [0.717, 1.165) is 6.42 Å². The van der Waals surface area contributed by atoms with Gasteiger partial charge in [-0.3, -0.25) is 4.79 Å². The van der Waals surface area contributed by atoms with Crippen LogP contribution >= 0.6 is 0 Å². The summed E-state index contributed by atoms with van der Waals surface area (Å²) in [4.78, 5) is 10.4. The molecule has 0 heterocycles. The molecule has 0 bridgehead atoms. The molecule has 11 heavy (non-hydrogen) atoms. The minimum Gasteiger partial charge on any atom is -0.480 e. The Kier molecular flexibility index (Phi) is 4.54. The SMILES string of the molecule is C=CCC(C)NC(C)C(=O)O. The van der Waals surface area contributed by atoms with Crippen LogP contribution < -0.4 is 5.32 Å². The second kappa shape index (κ2) is 4.91. The standard InChI is InChI=1S/C8H15NO2/c1-4-5-6(2)9-7(3)8(10)11/h4,6-7,9H,1,5H2,2-3H3,(H,10,11). The molecule has 3 nitrogen and oxygen atoms in total. The number of hydrogen-bond acceptors (Lipinski definition) is 2. The fourth-order valence-electron chi connectivity index (χ4n) is 0.816. The van der Waals surface area contributed by atoms with Crippen molar-refractivity contribution in [1.29, 1.82) is 0 Å². The Hall–Kier alpha value is -0.830. The molecule has 2 atom stereocenters. The predicted octanol–water partition coefficient (Wildman–Crippen LogP) is 1.01. The summed E-state index contributed by atoms with van der Waals surface area (Å²) in [5.41, 5.74) is 0. The lowest BCUT2D eigenvalue weighted by Gasteiger charge is -2.14. The fraction of sp³-hybridized carbons (Fsp3) is 0.625. The number of carboxylic acid groups (broad SMARTS) is 1. The van der Waals surface area contributed by atoms with Gasteiger partial charge in [0.15, 0.2) is 0 Å². The van der Waals surface area contributed by atoms with Crippen molar-refractivity contribution in [3.8, 4) is 0 Å². The van der Waals surface area contributed by atoms with Gasteiger partial charge in [0, 0.05) is 6.04 Å². The van der Waals surface area contributed by atoms with Crippen molar-refractivity contribution in [3.05, 3.63) is 12.7 Å². The maximum absolute atomic E-state index is 10.4. The zero-order chi connectivity index (χ0) is 8.85. The van der Waals surface area contributed by atoms with Crippen LogP contribution in [0.4, 0.5) is 0 Å². The number of carbonyl (C=O) groups is 1.